The summed E-state index contributed by atoms with van der Waals surface area (Å²) >= 11 is 0. The average Bonchev–Trinajstić information content (AvgIpc) is 2.25. The largest absolute Gasteiger partial charge is 0.481 e. The lowest BCUT2D eigenvalue weighted by Crippen LogP contribution is -2.33. The molecular formula is C11H16FN3O2. The molecule has 1 aromatic rings. The van der Waals surface area contributed by atoms with E-state index in [1.807, 2.05) is 18.7 Å². The van der Waals surface area contributed by atoms with E-state index in [1.54, 1.807) is 0 Å². The topological polar surface area (TPSA) is 66.3 Å². The van der Waals surface area contributed by atoms with Crippen molar-refractivity contribution < 1.29 is 14.3 Å². The lowest BCUT2D eigenvalue weighted by Gasteiger charge is -2.26. The highest BCUT2D eigenvalue weighted by atomic mass is 19.1. The first-order chi connectivity index (χ1) is 8.00. The van der Waals surface area contributed by atoms with Crippen molar-refractivity contribution in [1.82, 2.24) is 9.97 Å². The maximum absolute atomic E-state index is 12.7. The molecule has 0 unspecified atom stereocenters. The molecule has 1 rings (SSSR count). The second-order valence-corrected chi connectivity index (χ2v) is 3.99. The van der Waals surface area contributed by atoms with Gasteiger partial charge >= 0.3 is 5.97 Å². The van der Waals surface area contributed by atoms with Crippen molar-refractivity contribution in [2.75, 3.05) is 11.4 Å². The van der Waals surface area contributed by atoms with Crippen LogP contribution < -0.4 is 4.90 Å². The minimum Gasteiger partial charge on any atom is -0.481 e. The van der Waals surface area contributed by atoms with Crippen LogP contribution in [-0.2, 0) is 4.79 Å². The van der Waals surface area contributed by atoms with Gasteiger partial charge in [0.2, 0.25) is 5.95 Å². The second-order valence-electron chi connectivity index (χ2n) is 3.99. The molecule has 0 saturated heterocycles. The second kappa shape index (κ2) is 6.12. The van der Waals surface area contributed by atoms with E-state index in [0.29, 0.717) is 18.9 Å². The molecule has 5 nitrogen and oxygen atoms in total. The molecule has 0 fully saturated rings. The molecule has 0 radical (unpaired) electrons. The lowest BCUT2D eigenvalue weighted by atomic mass is 10.2. The van der Waals surface area contributed by atoms with Crippen molar-refractivity contribution in [3.8, 4) is 0 Å². The average molecular weight is 241 g/mol. The first-order valence-corrected chi connectivity index (χ1v) is 5.46. The fourth-order valence-electron chi connectivity index (χ4n) is 1.44. The van der Waals surface area contributed by atoms with Gasteiger partial charge in [0.25, 0.3) is 0 Å². The Hall–Kier alpha value is -1.72. The first-order valence-electron chi connectivity index (χ1n) is 5.46. The van der Waals surface area contributed by atoms with E-state index >= 15 is 0 Å². The normalized spacial score (nSPS) is 10.6. The molecule has 0 aromatic carbocycles. The Bertz CT molecular complexity index is 367. The summed E-state index contributed by atoms with van der Waals surface area (Å²) in [6.07, 6.45) is 2.82. The number of halogens is 1. The van der Waals surface area contributed by atoms with Crippen LogP contribution in [0.15, 0.2) is 12.4 Å². The van der Waals surface area contributed by atoms with Gasteiger partial charge in [0.15, 0.2) is 5.82 Å². The Balaban J connectivity index is 2.65. The van der Waals surface area contributed by atoms with Gasteiger partial charge < -0.3 is 10.0 Å². The van der Waals surface area contributed by atoms with Crippen molar-refractivity contribution >= 4 is 11.9 Å². The minimum absolute atomic E-state index is 0.102. The molecule has 1 N–H and O–H groups in total. The molecule has 0 spiro atoms. The fourth-order valence-corrected chi connectivity index (χ4v) is 1.44. The molecule has 6 heteroatoms. The monoisotopic (exact) mass is 241 g/mol. The predicted octanol–water partition coefficient (Wildman–Crippen LogP) is 1.70. The first kappa shape index (κ1) is 13.3. The van der Waals surface area contributed by atoms with E-state index in [9.17, 15) is 9.18 Å². The van der Waals surface area contributed by atoms with Gasteiger partial charge in [-0.05, 0) is 20.3 Å². The SMILES string of the molecule is CC(C)N(CCCC(=O)O)c1ncc(F)cn1. The number of nitrogens with zero attached hydrogens (tertiary/aromatic N) is 3. The number of hydrogen-bond donors (Lipinski definition) is 1. The molecule has 0 amide bonds. The van der Waals surface area contributed by atoms with Crippen LogP contribution in [0.4, 0.5) is 10.3 Å². The third kappa shape index (κ3) is 4.34. The number of anilines is 1. The highest BCUT2D eigenvalue weighted by Crippen LogP contribution is 2.11. The molecule has 0 aliphatic rings. The zero-order valence-corrected chi connectivity index (χ0v) is 9.93. The number of aliphatic carboxylic acids is 1. The summed E-state index contributed by atoms with van der Waals surface area (Å²) in [6.45, 7) is 4.44. The van der Waals surface area contributed by atoms with Crippen LogP contribution in [0.3, 0.4) is 0 Å². The molecule has 1 heterocycles. The van der Waals surface area contributed by atoms with Gasteiger partial charge in [-0.3, -0.25) is 4.79 Å². The summed E-state index contributed by atoms with van der Waals surface area (Å²) in [6, 6.07) is 0.134. The van der Waals surface area contributed by atoms with Crippen LogP contribution in [0.25, 0.3) is 0 Å². The fraction of sp³-hybridized carbons (Fsp3) is 0.545. The van der Waals surface area contributed by atoms with E-state index in [-0.39, 0.29) is 12.5 Å². The van der Waals surface area contributed by atoms with Crippen LogP contribution >= 0.6 is 0 Å². The molecule has 0 saturated carbocycles. The third-order valence-corrected chi connectivity index (χ3v) is 2.28. The number of carbonyl (C=O) groups is 1. The molecule has 1 aromatic heterocycles. The quantitative estimate of drug-likeness (QED) is 0.821. The zero-order chi connectivity index (χ0) is 12.8. The summed E-state index contributed by atoms with van der Waals surface area (Å²) in [7, 11) is 0. The summed E-state index contributed by atoms with van der Waals surface area (Å²) < 4.78 is 12.7. The van der Waals surface area contributed by atoms with Crippen LogP contribution in [0.2, 0.25) is 0 Å². The van der Waals surface area contributed by atoms with Crippen molar-refractivity contribution in [3.63, 3.8) is 0 Å². The summed E-state index contributed by atoms with van der Waals surface area (Å²) in [4.78, 5) is 20.1. The van der Waals surface area contributed by atoms with Crippen molar-refractivity contribution in [2.45, 2.75) is 32.7 Å². The molecule has 0 atom stereocenters. The van der Waals surface area contributed by atoms with Gasteiger partial charge in [-0.2, -0.15) is 0 Å². The van der Waals surface area contributed by atoms with E-state index in [0.717, 1.165) is 12.4 Å². The molecule has 0 aliphatic carbocycles. The zero-order valence-electron chi connectivity index (χ0n) is 9.93. The highest BCUT2D eigenvalue weighted by Gasteiger charge is 2.13. The van der Waals surface area contributed by atoms with Gasteiger partial charge in [0, 0.05) is 19.0 Å². The van der Waals surface area contributed by atoms with Crippen LogP contribution in [0.5, 0.6) is 0 Å². The van der Waals surface area contributed by atoms with E-state index < -0.39 is 11.8 Å². The molecule has 17 heavy (non-hydrogen) atoms. The van der Waals surface area contributed by atoms with E-state index in [1.165, 1.54) is 0 Å². The number of hydrogen-bond acceptors (Lipinski definition) is 4. The number of aromatic nitrogens is 2. The summed E-state index contributed by atoms with van der Waals surface area (Å²) in [5, 5.41) is 8.57. The molecule has 94 valence electrons. The van der Waals surface area contributed by atoms with Crippen LogP contribution in [0.1, 0.15) is 26.7 Å². The van der Waals surface area contributed by atoms with Crippen LogP contribution in [-0.4, -0.2) is 33.6 Å². The Kier molecular flexibility index (Phi) is 4.81. The Labute approximate surface area is 99.3 Å². The van der Waals surface area contributed by atoms with Gasteiger partial charge in [0.05, 0.1) is 12.4 Å². The highest BCUT2D eigenvalue weighted by molar-refractivity contribution is 5.66. The number of carboxylic acids is 1. The smallest absolute Gasteiger partial charge is 0.303 e. The van der Waals surface area contributed by atoms with Crippen molar-refractivity contribution in [3.05, 3.63) is 18.2 Å². The summed E-state index contributed by atoms with van der Waals surface area (Å²) in [5.74, 6) is -0.886. The van der Waals surface area contributed by atoms with E-state index in [4.69, 9.17) is 5.11 Å². The van der Waals surface area contributed by atoms with Crippen molar-refractivity contribution in [1.29, 1.82) is 0 Å². The summed E-state index contributed by atoms with van der Waals surface area (Å²) in [5.41, 5.74) is 0. The molecule has 0 bridgehead atoms. The van der Waals surface area contributed by atoms with Gasteiger partial charge in [-0.25, -0.2) is 14.4 Å². The Morgan fingerprint density at radius 3 is 2.53 bits per heavy atom. The Morgan fingerprint density at radius 1 is 1.47 bits per heavy atom. The molecule has 0 aliphatic heterocycles. The Morgan fingerprint density at radius 2 is 2.06 bits per heavy atom. The van der Waals surface area contributed by atoms with Crippen molar-refractivity contribution in [2.24, 2.45) is 0 Å². The predicted molar refractivity (Wildman–Crippen MR) is 61.3 cm³/mol. The maximum Gasteiger partial charge on any atom is 0.303 e. The van der Waals surface area contributed by atoms with Crippen LogP contribution in [0, 0.1) is 5.82 Å². The lowest BCUT2D eigenvalue weighted by molar-refractivity contribution is -0.137. The maximum atomic E-state index is 12.7. The number of carboxylic acid groups (broad SMARTS) is 1. The van der Waals surface area contributed by atoms with Gasteiger partial charge in [-0.1, -0.05) is 0 Å². The van der Waals surface area contributed by atoms with Gasteiger partial charge in [-0.15, -0.1) is 0 Å². The van der Waals surface area contributed by atoms with Gasteiger partial charge in [0.1, 0.15) is 0 Å². The third-order valence-electron chi connectivity index (χ3n) is 2.28. The molecular weight excluding hydrogens is 225 g/mol. The van der Waals surface area contributed by atoms with E-state index in [2.05, 4.69) is 9.97 Å². The minimum atomic E-state index is -0.825. The number of rotatable bonds is 6. The standard InChI is InChI=1S/C11H16FN3O2/c1-8(2)15(5-3-4-10(16)17)11-13-6-9(12)7-14-11/h6-8H,3-5H2,1-2H3,(H,16,17).